The van der Waals surface area contributed by atoms with Gasteiger partial charge < -0.3 is 9.53 Å². The van der Waals surface area contributed by atoms with Crippen molar-refractivity contribution in [3.05, 3.63) is 58.7 Å². The first kappa shape index (κ1) is 18.5. The number of aromatic nitrogens is 2. The first-order chi connectivity index (χ1) is 13.2. The van der Waals surface area contributed by atoms with Crippen molar-refractivity contribution in [1.82, 2.24) is 9.78 Å². The van der Waals surface area contributed by atoms with Gasteiger partial charge >= 0.3 is 0 Å². The highest BCUT2D eigenvalue weighted by Crippen LogP contribution is 2.55. The number of allylic oxidation sites excluding steroid dienone is 2. The number of ether oxygens (including phenoxy) is 1. The van der Waals surface area contributed by atoms with Crippen molar-refractivity contribution in [2.75, 3.05) is 7.11 Å². The molecule has 0 fully saturated rings. The number of nitrogens with zero attached hydrogens (tertiary/aromatic N) is 3. The van der Waals surface area contributed by atoms with Gasteiger partial charge in [0.1, 0.15) is 5.75 Å². The predicted molar refractivity (Wildman–Crippen MR) is 108 cm³/mol. The van der Waals surface area contributed by atoms with Crippen LogP contribution >= 0.6 is 0 Å². The van der Waals surface area contributed by atoms with E-state index in [-0.39, 0.29) is 17.4 Å². The van der Waals surface area contributed by atoms with Gasteiger partial charge in [0.05, 0.1) is 25.1 Å². The molecule has 0 unspecified atom stereocenters. The molecule has 0 amide bonds. The molecule has 28 heavy (non-hydrogen) atoms. The molecule has 1 aromatic carbocycles. The summed E-state index contributed by atoms with van der Waals surface area (Å²) in [6.45, 7) is 13.6. The van der Waals surface area contributed by atoms with Crippen molar-refractivity contribution >= 4 is 5.78 Å². The minimum absolute atomic E-state index is 0.0419. The van der Waals surface area contributed by atoms with Crippen LogP contribution in [0.15, 0.2) is 36.0 Å². The Balaban J connectivity index is 1.91. The molecule has 2 aliphatic carbocycles. The number of fused-ring (bicyclic) bond motifs is 3. The molecule has 0 saturated heterocycles. The summed E-state index contributed by atoms with van der Waals surface area (Å²) >= 11 is 0. The van der Waals surface area contributed by atoms with E-state index >= 15 is 0 Å². The van der Waals surface area contributed by atoms with E-state index in [1.54, 1.807) is 7.11 Å². The third-order valence-corrected chi connectivity index (χ3v) is 6.67. The van der Waals surface area contributed by atoms with Gasteiger partial charge in [0.15, 0.2) is 5.78 Å². The number of methoxy groups -OCH3 is 1. The fourth-order valence-electron chi connectivity index (χ4n) is 5.30. The van der Waals surface area contributed by atoms with Gasteiger partial charge in [-0.1, -0.05) is 26.8 Å². The van der Waals surface area contributed by atoms with Crippen molar-refractivity contribution in [2.45, 2.75) is 39.0 Å². The van der Waals surface area contributed by atoms with Gasteiger partial charge in [-0.25, -0.2) is 4.85 Å². The molecule has 1 heterocycles. The number of carbonyl (C=O) groups excluding carboxylic acids is 1. The van der Waals surface area contributed by atoms with Crippen molar-refractivity contribution in [3.8, 4) is 17.0 Å². The highest BCUT2D eigenvalue weighted by molar-refractivity contribution is 6.02. The van der Waals surface area contributed by atoms with Gasteiger partial charge in [-0.3, -0.25) is 4.68 Å². The Kier molecular flexibility index (Phi) is 4.01. The quantitative estimate of drug-likeness (QED) is 0.734. The zero-order valence-electron chi connectivity index (χ0n) is 17.0. The molecule has 0 saturated carbocycles. The maximum Gasteiger partial charge on any atom is 0.226 e. The minimum atomic E-state index is -0.571. The smallest absolute Gasteiger partial charge is 0.226 e. The second kappa shape index (κ2) is 6.07. The normalized spacial score (nSPS) is 25.4. The van der Waals surface area contributed by atoms with E-state index in [1.807, 2.05) is 43.8 Å². The Labute approximate surface area is 165 Å². The maximum absolute atomic E-state index is 12.8. The zero-order valence-corrected chi connectivity index (χ0v) is 17.0. The number of ketones is 1. The summed E-state index contributed by atoms with van der Waals surface area (Å²) in [4.78, 5) is 16.4. The van der Waals surface area contributed by atoms with Gasteiger partial charge in [0, 0.05) is 29.0 Å². The van der Waals surface area contributed by atoms with Crippen LogP contribution in [0.1, 0.15) is 38.4 Å². The van der Waals surface area contributed by atoms with Crippen LogP contribution in [-0.2, 0) is 23.7 Å². The van der Waals surface area contributed by atoms with Gasteiger partial charge in [-0.15, -0.1) is 0 Å². The lowest BCUT2D eigenvalue weighted by Crippen LogP contribution is -2.50. The molecule has 5 heteroatoms. The Morgan fingerprint density at radius 3 is 2.54 bits per heavy atom. The van der Waals surface area contributed by atoms with E-state index in [0.717, 1.165) is 35.5 Å². The van der Waals surface area contributed by atoms with Crippen LogP contribution < -0.4 is 4.74 Å². The van der Waals surface area contributed by atoms with Gasteiger partial charge in [0.25, 0.3) is 0 Å². The Morgan fingerprint density at radius 2 is 1.93 bits per heavy atom. The molecule has 0 bridgehead atoms. The summed E-state index contributed by atoms with van der Waals surface area (Å²) in [5.41, 5.74) is 3.67. The molecule has 2 atom stereocenters. The summed E-state index contributed by atoms with van der Waals surface area (Å²) < 4.78 is 7.22. The van der Waals surface area contributed by atoms with Crippen LogP contribution in [0.2, 0.25) is 0 Å². The fourth-order valence-corrected chi connectivity index (χ4v) is 5.30. The van der Waals surface area contributed by atoms with Gasteiger partial charge in [0.2, 0.25) is 5.70 Å². The first-order valence-corrected chi connectivity index (χ1v) is 9.60. The number of Topliss-reactive ketones (excluding diaryl/α,β-unsaturated/α-hetero) is 1. The second-order valence-electron chi connectivity index (χ2n) is 8.59. The molecular weight excluding hydrogens is 350 g/mol. The van der Waals surface area contributed by atoms with Crippen LogP contribution in [0.3, 0.4) is 0 Å². The van der Waals surface area contributed by atoms with E-state index in [2.05, 4.69) is 23.9 Å². The third kappa shape index (κ3) is 2.37. The van der Waals surface area contributed by atoms with Crippen molar-refractivity contribution in [3.63, 3.8) is 0 Å². The second-order valence-corrected chi connectivity index (χ2v) is 8.59. The molecule has 4 rings (SSSR count). The number of benzene rings is 1. The summed E-state index contributed by atoms with van der Waals surface area (Å²) in [7, 11) is 3.63. The molecule has 0 N–H and O–H groups in total. The lowest BCUT2D eigenvalue weighted by Gasteiger charge is -2.49. The molecule has 1 aromatic heterocycles. The summed E-state index contributed by atoms with van der Waals surface area (Å²) in [5.74, 6) is 0.910. The third-order valence-electron chi connectivity index (χ3n) is 6.67. The van der Waals surface area contributed by atoms with E-state index in [4.69, 9.17) is 16.4 Å². The molecule has 0 spiro atoms. The number of aryl methyl sites for hydroxylation is 1. The van der Waals surface area contributed by atoms with Crippen LogP contribution in [0.5, 0.6) is 5.75 Å². The Morgan fingerprint density at radius 1 is 1.25 bits per heavy atom. The lowest BCUT2D eigenvalue weighted by molar-refractivity contribution is -0.128. The summed E-state index contributed by atoms with van der Waals surface area (Å²) in [5, 5.41) is 4.91. The van der Waals surface area contributed by atoms with Crippen LogP contribution in [0.25, 0.3) is 16.1 Å². The fraction of sp³-hybridized carbons (Fsp3) is 0.435. The number of hydrogen-bond acceptors (Lipinski definition) is 3. The van der Waals surface area contributed by atoms with E-state index in [0.29, 0.717) is 0 Å². The molecule has 2 aromatic rings. The van der Waals surface area contributed by atoms with Crippen molar-refractivity contribution in [1.29, 1.82) is 0 Å². The zero-order chi connectivity index (χ0) is 20.3. The molecule has 5 nitrogen and oxygen atoms in total. The number of carbonyl (C=O) groups is 1. The molecule has 2 aliphatic rings. The summed E-state index contributed by atoms with van der Waals surface area (Å²) in [6.07, 6.45) is 3.66. The van der Waals surface area contributed by atoms with Crippen LogP contribution in [-0.4, -0.2) is 22.7 Å². The van der Waals surface area contributed by atoms with E-state index in [9.17, 15) is 4.79 Å². The number of hydrogen-bond donors (Lipinski definition) is 0. The van der Waals surface area contributed by atoms with Crippen molar-refractivity contribution in [2.24, 2.45) is 18.4 Å². The van der Waals surface area contributed by atoms with Crippen molar-refractivity contribution < 1.29 is 9.53 Å². The SMILES string of the molecule is [C-]#[N+]C1=C[C@]2(C)c3nn(C)c(-c4ccc(OC)cc4)c3CC[C@H]2C(C)(C)C1=O. The molecule has 0 radical (unpaired) electrons. The maximum atomic E-state index is 12.8. The van der Waals surface area contributed by atoms with Gasteiger partial charge in [-0.05, 0) is 43.0 Å². The van der Waals surface area contributed by atoms with E-state index < -0.39 is 10.8 Å². The lowest BCUT2D eigenvalue weighted by atomic mass is 9.53. The monoisotopic (exact) mass is 375 g/mol. The standard InChI is InChI=1S/C23H25N3O2/c1-22(2)18-12-11-16-19(14-7-9-15(28-6)10-8-14)26(5)25-20(16)23(18,3)13-17(24-4)21(22)27/h7-10,13,18H,11-12H2,1-3,5-6H3/t18-,23-/m0/s1. The van der Waals surface area contributed by atoms with Crippen LogP contribution in [0.4, 0.5) is 0 Å². The molecule has 144 valence electrons. The van der Waals surface area contributed by atoms with Gasteiger partial charge in [-0.2, -0.15) is 5.10 Å². The first-order valence-electron chi connectivity index (χ1n) is 9.60. The average Bonchev–Trinajstić information content (AvgIpc) is 3.02. The summed E-state index contributed by atoms with van der Waals surface area (Å²) in [6, 6.07) is 8.03. The number of rotatable bonds is 2. The average molecular weight is 375 g/mol. The molecular formula is C23H25N3O2. The topological polar surface area (TPSA) is 48.5 Å². The highest BCUT2D eigenvalue weighted by atomic mass is 16.5. The van der Waals surface area contributed by atoms with E-state index in [1.165, 1.54) is 5.56 Å². The molecule has 0 aliphatic heterocycles. The highest BCUT2D eigenvalue weighted by Gasteiger charge is 2.55. The Hall–Kier alpha value is -2.87. The Bertz CT molecular complexity index is 1040. The largest absolute Gasteiger partial charge is 0.497 e. The van der Waals surface area contributed by atoms with Crippen LogP contribution in [0, 0.1) is 17.9 Å². The predicted octanol–water partition coefficient (Wildman–Crippen LogP) is 4.33. The minimum Gasteiger partial charge on any atom is -0.497 e.